The zero-order valence-corrected chi connectivity index (χ0v) is 21.0. The zero-order valence-electron chi connectivity index (χ0n) is 20.1. The fraction of sp³-hybridized carbons (Fsp3) is 0.458. The SMILES string of the molecule is CC(Oc1nc(-c2ccc(N3CCN(S(C)(=O)=O)CC3)cc2)cc2ncn(C)c12)C1CNC(=O)C1. The third kappa shape index (κ3) is 4.83. The summed E-state index contributed by atoms with van der Waals surface area (Å²) in [4.78, 5) is 23.2. The molecule has 2 atom stereocenters. The Morgan fingerprint density at radius 2 is 1.86 bits per heavy atom. The van der Waals surface area contributed by atoms with Crippen LogP contribution in [-0.2, 0) is 21.9 Å². The molecule has 2 saturated heterocycles. The van der Waals surface area contributed by atoms with Gasteiger partial charge in [-0.05, 0) is 25.1 Å². The smallest absolute Gasteiger partial charge is 0.241 e. The molecule has 35 heavy (non-hydrogen) atoms. The van der Waals surface area contributed by atoms with Crippen molar-refractivity contribution in [1.29, 1.82) is 0 Å². The van der Waals surface area contributed by atoms with Crippen LogP contribution in [0.15, 0.2) is 36.7 Å². The van der Waals surface area contributed by atoms with Crippen LogP contribution in [0.5, 0.6) is 5.88 Å². The van der Waals surface area contributed by atoms with E-state index >= 15 is 0 Å². The number of aromatic nitrogens is 3. The maximum absolute atomic E-state index is 11.8. The van der Waals surface area contributed by atoms with Crippen molar-refractivity contribution in [3.63, 3.8) is 0 Å². The van der Waals surface area contributed by atoms with Crippen molar-refractivity contribution in [2.24, 2.45) is 13.0 Å². The van der Waals surface area contributed by atoms with Gasteiger partial charge in [-0.2, -0.15) is 4.31 Å². The molecule has 2 aromatic heterocycles. The molecule has 2 unspecified atom stereocenters. The van der Waals surface area contributed by atoms with E-state index in [1.807, 2.05) is 48.9 Å². The van der Waals surface area contributed by atoms with E-state index in [1.165, 1.54) is 10.6 Å². The van der Waals surface area contributed by atoms with Gasteiger partial charge in [0.15, 0.2) is 0 Å². The first-order valence-corrected chi connectivity index (χ1v) is 13.6. The third-order valence-electron chi connectivity index (χ3n) is 6.87. The van der Waals surface area contributed by atoms with Gasteiger partial charge in [0.1, 0.15) is 11.6 Å². The highest BCUT2D eigenvalue weighted by Gasteiger charge is 2.29. The van der Waals surface area contributed by atoms with Gasteiger partial charge in [0, 0.05) is 63.4 Å². The van der Waals surface area contributed by atoms with Crippen LogP contribution < -0.4 is 15.0 Å². The van der Waals surface area contributed by atoms with E-state index in [-0.39, 0.29) is 17.9 Å². The molecule has 2 aliphatic heterocycles. The fourth-order valence-corrected chi connectivity index (χ4v) is 5.55. The number of benzene rings is 1. The average molecular weight is 499 g/mol. The van der Waals surface area contributed by atoms with E-state index in [4.69, 9.17) is 9.72 Å². The first-order chi connectivity index (χ1) is 16.7. The van der Waals surface area contributed by atoms with Gasteiger partial charge in [0.05, 0.1) is 23.8 Å². The van der Waals surface area contributed by atoms with Gasteiger partial charge >= 0.3 is 0 Å². The van der Waals surface area contributed by atoms with E-state index < -0.39 is 10.0 Å². The number of ether oxygens (including phenoxy) is 1. The summed E-state index contributed by atoms with van der Waals surface area (Å²) in [5.74, 6) is 0.652. The molecule has 1 N–H and O–H groups in total. The minimum absolute atomic E-state index is 0.0515. The lowest BCUT2D eigenvalue weighted by molar-refractivity contribution is -0.119. The molecule has 3 aromatic rings. The molecule has 5 rings (SSSR count). The number of amides is 1. The molecule has 10 nitrogen and oxygen atoms in total. The summed E-state index contributed by atoms with van der Waals surface area (Å²) < 4.78 is 33.3. The number of anilines is 1. The van der Waals surface area contributed by atoms with Crippen LogP contribution in [0, 0.1) is 5.92 Å². The number of hydrogen-bond donors (Lipinski definition) is 1. The average Bonchev–Trinajstić information content (AvgIpc) is 3.44. The number of pyridine rings is 1. The lowest BCUT2D eigenvalue weighted by Gasteiger charge is -2.34. The molecule has 1 aromatic carbocycles. The summed E-state index contributed by atoms with van der Waals surface area (Å²) in [7, 11) is -1.24. The van der Waals surface area contributed by atoms with Gasteiger partial charge in [-0.3, -0.25) is 4.79 Å². The van der Waals surface area contributed by atoms with Crippen molar-refractivity contribution < 1.29 is 17.9 Å². The molecule has 0 saturated carbocycles. The number of fused-ring (bicyclic) bond motifs is 1. The fourth-order valence-electron chi connectivity index (χ4n) is 4.72. The number of nitrogens with one attached hydrogen (secondary N) is 1. The van der Waals surface area contributed by atoms with Crippen molar-refractivity contribution >= 4 is 32.7 Å². The van der Waals surface area contributed by atoms with Gasteiger partial charge in [-0.1, -0.05) is 12.1 Å². The van der Waals surface area contributed by atoms with Crippen LogP contribution in [0.25, 0.3) is 22.3 Å². The van der Waals surface area contributed by atoms with Crippen molar-refractivity contribution in [1.82, 2.24) is 24.2 Å². The van der Waals surface area contributed by atoms with Gasteiger partial charge in [0.25, 0.3) is 0 Å². The summed E-state index contributed by atoms with van der Waals surface area (Å²) in [6.07, 6.45) is 3.28. The molecule has 186 valence electrons. The Balaban J connectivity index is 1.37. The molecule has 2 fully saturated rings. The predicted octanol–water partition coefficient (Wildman–Crippen LogP) is 1.62. The van der Waals surface area contributed by atoms with Crippen molar-refractivity contribution in [3.05, 3.63) is 36.7 Å². The molecule has 11 heteroatoms. The van der Waals surface area contributed by atoms with Crippen LogP contribution in [0.1, 0.15) is 13.3 Å². The Labute approximate surface area is 205 Å². The Morgan fingerprint density at radius 3 is 2.49 bits per heavy atom. The number of sulfonamides is 1. The van der Waals surface area contributed by atoms with E-state index in [2.05, 4.69) is 15.2 Å². The van der Waals surface area contributed by atoms with Crippen molar-refractivity contribution in [3.8, 4) is 17.1 Å². The number of imidazole rings is 1. The van der Waals surface area contributed by atoms with Gasteiger partial charge < -0.3 is 19.5 Å². The zero-order chi connectivity index (χ0) is 24.7. The maximum atomic E-state index is 11.8. The molecule has 0 spiro atoms. The summed E-state index contributed by atoms with van der Waals surface area (Å²) in [5, 5.41) is 2.87. The summed E-state index contributed by atoms with van der Waals surface area (Å²) in [6, 6.07) is 10.1. The summed E-state index contributed by atoms with van der Waals surface area (Å²) in [6.45, 7) is 4.85. The van der Waals surface area contributed by atoms with E-state index in [0.717, 1.165) is 28.0 Å². The lowest BCUT2D eigenvalue weighted by atomic mass is 10.0. The second kappa shape index (κ2) is 9.12. The predicted molar refractivity (Wildman–Crippen MR) is 134 cm³/mol. The maximum Gasteiger partial charge on any atom is 0.241 e. The monoisotopic (exact) mass is 498 g/mol. The van der Waals surface area contributed by atoms with E-state index in [0.29, 0.717) is 45.0 Å². The number of nitrogens with zero attached hydrogens (tertiary/aromatic N) is 5. The summed E-state index contributed by atoms with van der Waals surface area (Å²) in [5.41, 5.74) is 4.35. The van der Waals surface area contributed by atoms with Crippen molar-refractivity contribution in [2.75, 3.05) is 43.9 Å². The number of piperazine rings is 1. The molecular weight excluding hydrogens is 468 g/mol. The minimum Gasteiger partial charge on any atom is -0.473 e. The number of rotatable bonds is 6. The molecule has 4 heterocycles. The molecule has 0 radical (unpaired) electrons. The molecule has 2 aliphatic rings. The lowest BCUT2D eigenvalue weighted by Crippen LogP contribution is -2.48. The standard InChI is InChI=1S/C24H30N6O4S/c1-16(18-12-22(31)25-14-18)34-24-23-21(26-15-28(23)2)13-20(27-24)17-4-6-19(7-5-17)29-8-10-30(11-9-29)35(3,32)33/h4-7,13,15-16,18H,8-12,14H2,1-3H3,(H,25,31). The largest absolute Gasteiger partial charge is 0.473 e. The van der Waals surface area contributed by atoms with Crippen molar-refractivity contribution in [2.45, 2.75) is 19.4 Å². The molecule has 0 bridgehead atoms. The molecule has 0 aliphatic carbocycles. The van der Waals surface area contributed by atoms with Gasteiger partial charge in [-0.15, -0.1) is 0 Å². The van der Waals surface area contributed by atoms with Crippen LogP contribution in [-0.4, -0.2) is 78.2 Å². The van der Waals surface area contributed by atoms with Gasteiger partial charge in [-0.25, -0.2) is 18.4 Å². The quantitative estimate of drug-likeness (QED) is 0.550. The van der Waals surface area contributed by atoms with Gasteiger partial charge in [0.2, 0.25) is 21.8 Å². The Hall–Kier alpha value is -3.18. The number of carbonyl (C=O) groups excluding carboxylic acids is 1. The van der Waals surface area contributed by atoms with E-state index in [1.54, 1.807) is 6.33 Å². The van der Waals surface area contributed by atoms with Crippen LogP contribution in [0.2, 0.25) is 0 Å². The molecule has 1 amide bonds. The van der Waals surface area contributed by atoms with E-state index in [9.17, 15) is 13.2 Å². The highest BCUT2D eigenvalue weighted by molar-refractivity contribution is 7.88. The topological polar surface area (TPSA) is 110 Å². The Bertz CT molecular complexity index is 1350. The number of carbonyl (C=O) groups is 1. The van der Waals surface area contributed by atoms with Crippen LogP contribution in [0.4, 0.5) is 5.69 Å². The highest BCUT2D eigenvalue weighted by Crippen LogP contribution is 2.31. The minimum atomic E-state index is -3.15. The number of hydrogen-bond acceptors (Lipinski definition) is 7. The highest BCUT2D eigenvalue weighted by atomic mass is 32.2. The van der Waals surface area contributed by atoms with Crippen LogP contribution in [0.3, 0.4) is 0 Å². The number of aryl methyl sites for hydroxylation is 1. The summed E-state index contributed by atoms with van der Waals surface area (Å²) >= 11 is 0. The Kier molecular flexibility index (Phi) is 6.14. The normalized spacial score (nSPS) is 20.3. The van der Waals surface area contributed by atoms with Crippen LogP contribution >= 0.6 is 0 Å². The first kappa shape index (κ1) is 23.6. The molecular formula is C24H30N6O4S. The first-order valence-electron chi connectivity index (χ1n) is 11.7. The second-order valence-electron chi connectivity index (χ2n) is 9.32. The Morgan fingerprint density at radius 1 is 1.14 bits per heavy atom. The second-order valence-corrected chi connectivity index (χ2v) is 11.3. The third-order valence-corrected chi connectivity index (χ3v) is 8.17.